The molecule has 0 N–H and O–H groups in total. The Hall–Kier alpha value is -0.210. The highest BCUT2D eigenvalue weighted by Gasteiger charge is 2.32. The third-order valence-corrected chi connectivity index (χ3v) is 3.14. The van der Waals surface area contributed by atoms with Crippen LogP contribution in [0.2, 0.25) is 0 Å². The largest absolute Gasteiger partial charge is 0.300 e. The van der Waals surface area contributed by atoms with E-state index >= 15 is 0 Å². The summed E-state index contributed by atoms with van der Waals surface area (Å²) in [5, 5.41) is 0. The van der Waals surface area contributed by atoms with Gasteiger partial charge in [0.05, 0.1) is 6.42 Å². The van der Waals surface area contributed by atoms with Gasteiger partial charge in [-0.1, -0.05) is 6.92 Å². The minimum atomic E-state index is 0.888. The van der Waals surface area contributed by atoms with Crippen LogP contribution in [0.4, 0.5) is 0 Å². The van der Waals surface area contributed by atoms with Crippen molar-refractivity contribution in [3.8, 4) is 0 Å². The van der Waals surface area contributed by atoms with E-state index in [0.29, 0.717) is 0 Å². The second-order valence-corrected chi connectivity index (χ2v) is 3.91. The molecule has 2 aliphatic rings. The number of likely N-dealkylation sites (N-methyl/N-ethyl adjacent to an activating group) is 1. The van der Waals surface area contributed by atoms with Gasteiger partial charge in [0.1, 0.15) is 12.8 Å². The maximum absolute atomic E-state index is 2.66. The van der Waals surface area contributed by atoms with Crippen LogP contribution in [0.25, 0.3) is 0 Å². The summed E-state index contributed by atoms with van der Waals surface area (Å²) < 4.78 is 0. The molecule has 0 atom stereocenters. The van der Waals surface area contributed by atoms with Crippen LogP contribution in [-0.2, 0) is 0 Å². The van der Waals surface area contributed by atoms with Gasteiger partial charge >= 0.3 is 0 Å². The molecule has 2 nitrogen and oxygen atoms in total. The Kier molecular flexibility index (Phi) is 2.57. The van der Waals surface area contributed by atoms with Gasteiger partial charge in [-0.05, 0) is 6.54 Å². The van der Waals surface area contributed by atoms with E-state index in [-0.39, 0.29) is 0 Å². The second-order valence-electron chi connectivity index (χ2n) is 3.91. The molecule has 0 spiro atoms. The number of likely N-dealkylation sites (tertiary alicyclic amines) is 2. The molecule has 0 amide bonds. The van der Waals surface area contributed by atoms with Crippen molar-refractivity contribution >= 4 is 0 Å². The maximum Gasteiger partial charge on any atom is 0.100 e. The standard InChI is InChI=1S/C10H19N2/c1-2-11-8-10(9-11)12-6-4-3-5-7-12/h3,10H,2,4-9H2,1H3/q+1. The molecule has 2 rings (SSSR count). The summed E-state index contributed by atoms with van der Waals surface area (Å²) in [4.78, 5) is 5.18. The van der Waals surface area contributed by atoms with Crippen LogP contribution in [0.3, 0.4) is 0 Å². The Morgan fingerprint density at radius 1 is 1.25 bits per heavy atom. The van der Waals surface area contributed by atoms with E-state index in [9.17, 15) is 0 Å². The second kappa shape index (κ2) is 3.67. The van der Waals surface area contributed by atoms with Crippen LogP contribution < -0.4 is 0 Å². The fourth-order valence-electron chi connectivity index (χ4n) is 2.17. The normalized spacial score (nSPS) is 28.1. The molecule has 2 aliphatic heterocycles. The summed E-state index contributed by atoms with van der Waals surface area (Å²) in [7, 11) is 0. The zero-order chi connectivity index (χ0) is 8.39. The number of hydrogen-bond donors (Lipinski definition) is 0. The van der Waals surface area contributed by atoms with Gasteiger partial charge in [0.2, 0.25) is 0 Å². The van der Waals surface area contributed by atoms with Crippen LogP contribution >= 0.6 is 0 Å². The Morgan fingerprint density at radius 2 is 1.92 bits per heavy atom. The number of hydrogen-bond acceptors (Lipinski definition) is 2. The van der Waals surface area contributed by atoms with Crippen molar-refractivity contribution in [3.05, 3.63) is 6.42 Å². The lowest BCUT2D eigenvalue weighted by atomic mass is 10.0. The Morgan fingerprint density at radius 3 is 2.50 bits per heavy atom. The molecule has 0 aromatic rings. The first kappa shape index (κ1) is 8.39. The first-order chi connectivity index (χ1) is 5.90. The highest BCUT2D eigenvalue weighted by Crippen LogP contribution is 2.18. The number of piperidine rings is 1. The Bertz CT molecular complexity index is 135. The average molecular weight is 167 g/mol. The van der Waals surface area contributed by atoms with Gasteiger partial charge in [-0.15, -0.1) is 0 Å². The zero-order valence-electron chi connectivity index (χ0n) is 8.00. The molecular weight excluding hydrogens is 148 g/mol. The van der Waals surface area contributed by atoms with Gasteiger partial charge in [0.15, 0.2) is 0 Å². The molecule has 2 saturated heterocycles. The van der Waals surface area contributed by atoms with Crippen molar-refractivity contribution in [2.24, 2.45) is 0 Å². The zero-order valence-corrected chi connectivity index (χ0v) is 8.00. The minimum Gasteiger partial charge on any atom is -0.300 e. The third kappa shape index (κ3) is 1.59. The van der Waals surface area contributed by atoms with E-state index < -0.39 is 0 Å². The van der Waals surface area contributed by atoms with Crippen LogP contribution in [0.15, 0.2) is 0 Å². The fraction of sp³-hybridized carbons (Fsp3) is 0.900. The molecule has 0 saturated carbocycles. The molecule has 12 heavy (non-hydrogen) atoms. The molecule has 0 radical (unpaired) electrons. The van der Waals surface area contributed by atoms with Crippen molar-refractivity contribution in [3.63, 3.8) is 0 Å². The summed E-state index contributed by atoms with van der Waals surface area (Å²) in [6.45, 7) is 8.73. The molecule has 0 aromatic heterocycles. The average Bonchev–Trinajstić information content (AvgIpc) is 2.04. The lowest BCUT2D eigenvalue weighted by Crippen LogP contribution is -2.60. The highest BCUT2D eigenvalue weighted by atomic mass is 15.3. The molecular formula is C10H19N2+. The third-order valence-electron chi connectivity index (χ3n) is 3.14. The van der Waals surface area contributed by atoms with Crippen LogP contribution in [0, 0.1) is 6.42 Å². The van der Waals surface area contributed by atoms with Gasteiger partial charge in [-0.25, -0.2) is 0 Å². The van der Waals surface area contributed by atoms with Gasteiger partial charge in [-0.3, -0.25) is 4.90 Å². The summed E-state index contributed by atoms with van der Waals surface area (Å²) in [5.74, 6) is 0. The predicted molar refractivity (Wildman–Crippen MR) is 51.0 cm³/mol. The van der Waals surface area contributed by atoms with E-state index in [1.54, 1.807) is 0 Å². The van der Waals surface area contributed by atoms with E-state index in [0.717, 1.165) is 6.04 Å². The molecule has 2 heteroatoms. The van der Waals surface area contributed by atoms with E-state index in [1.807, 2.05) is 0 Å². The van der Waals surface area contributed by atoms with Gasteiger partial charge in [-0.2, -0.15) is 0 Å². The Balaban J connectivity index is 1.72. The van der Waals surface area contributed by atoms with Gasteiger partial charge in [0.25, 0.3) is 0 Å². The van der Waals surface area contributed by atoms with Gasteiger partial charge < -0.3 is 4.90 Å². The fourth-order valence-corrected chi connectivity index (χ4v) is 2.17. The quantitative estimate of drug-likeness (QED) is 0.566. The molecule has 2 fully saturated rings. The van der Waals surface area contributed by atoms with E-state index in [1.165, 1.54) is 45.6 Å². The number of nitrogens with zero attached hydrogens (tertiary/aromatic N) is 2. The monoisotopic (exact) mass is 167 g/mol. The molecule has 68 valence electrons. The number of rotatable bonds is 2. The maximum atomic E-state index is 2.66. The van der Waals surface area contributed by atoms with Gasteiger partial charge in [0, 0.05) is 32.2 Å². The summed E-state index contributed by atoms with van der Waals surface area (Å²) in [6.07, 6.45) is 5.04. The van der Waals surface area contributed by atoms with Crippen LogP contribution in [-0.4, -0.2) is 48.6 Å². The first-order valence-corrected chi connectivity index (χ1v) is 5.18. The van der Waals surface area contributed by atoms with Crippen molar-refractivity contribution in [1.29, 1.82) is 0 Å². The van der Waals surface area contributed by atoms with E-state index in [2.05, 4.69) is 23.1 Å². The minimum absolute atomic E-state index is 0.888. The van der Waals surface area contributed by atoms with Crippen LogP contribution in [0.1, 0.15) is 19.8 Å². The van der Waals surface area contributed by atoms with E-state index in [4.69, 9.17) is 0 Å². The molecule has 0 unspecified atom stereocenters. The van der Waals surface area contributed by atoms with Crippen LogP contribution in [0.5, 0.6) is 0 Å². The van der Waals surface area contributed by atoms with Crippen molar-refractivity contribution < 1.29 is 0 Å². The predicted octanol–water partition coefficient (Wildman–Crippen LogP) is 0.991. The molecule has 0 aromatic carbocycles. The molecule has 2 heterocycles. The highest BCUT2D eigenvalue weighted by molar-refractivity contribution is 4.90. The topological polar surface area (TPSA) is 6.48 Å². The smallest absolute Gasteiger partial charge is 0.100 e. The van der Waals surface area contributed by atoms with Crippen molar-refractivity contribution in [1.82, 2.24) is 9.80 Å². The van der Waals surface area contributed by atoms with Crippen molar-refractivity contribution in [2.45, 2.75) is 25.8 Å². The lowest BCUT2D eigenvalue weighted by Gasteiger charge is -2.45. The first-order valence-electron chi connectivity index (χ1n) is 5.18. The summed E-state index contributed by atoms with van der Waals surface area (Å²) >= 11 is 0. The van der Waals surface area contributed by atoms with Crippen molar-refractivity contribution in [2.75, 3.05) is 32.7 Å². The Labute approximate surface area is 75.5 Å². The summed E-state index contributed by atoms with van der Waals surface area (Å²) in [6, 6.07) is 0.888. The summed E-state index contributed by atoms with van der Waals surface area (Å²) in [5.41, 5.74) is 0. The molecule has 0 bridgehead atoms. The molecule has 0 aliphatic carbocycles. The SMILES string of the molecule is CCN1CC(N2CC[CH+]CC2)C1. The lowest BCUT2D eigenvalue weighted by molar-refractivity contribution is 0.0326.